The first-order chi connectivity index (χ1) is 10.1. The molecular weight excluding hydrogens is 288 g/mol. The molecule has 2 rings (SSSR count). The van der Waals surface area contributed by atoms with E-state index in [1.807, 2.05) is 19.9 Å². The monoisotopic (exact) mass is 304 g/mol. The van der Waals surface area contributed by atoms with Gasteiger partial charge in [0, 0.05) is 18.3 Å². The fourth-order valence-corrected chi connectivity index (χ4v) is 1.91. The molecule has 0 saturated carbocycles. The average molecular weight is 305 g/mol. The van der Waals surface area contributed by atoms with Gasteiger partial charge in [0.25, 0.3) is 5.91 Å². The number of hydrogen-bond acceptors (Lipinski definition) is 4. The lowest BCUT2D eigenvalue weighted by atomic mass is 10.2. The molecule has 0 aromatic carbocycles. The third kappa shape index (κ3) is 4.43. The molecule has 2 aromatic rings. The molecule has 2 heterocycles. The minimum absolute atomic E-state index is 0.268. The van der Waals surface area contributed by atoms with Crippen molar-refractivity contribution in [3.05, 3.63) is 46.7 Å². The van der Waals surface area contributed by atoms with Gasteiger partial charge >= 0.3 is 0 Å². The van der Waals surface area contributed by atoms with E-state index in [-0.39, 0.29) is 11.1 Å². The summed E-state index contributed by atoms with van der Waals surface area (Å²) >= 11 is 5.95. The van der Waals surface area contributed by atoms with E-state index in [0.29, 0.717) is 17.2 Å². The van der Waals surface area contributed by atoms with Crippen LogP contribution in [0.2, 0.25) is 5.15 Å². The number of halogens is 1. The molecule has 2 N–H and O–H groups in total. The van der Waals surface area contributed by atoms with Crippen molar-refractivity contribution in [1.82, 2.24) is 9.97 Å². The summed E-state index contributed by atoms with van der Waals surface area (Å²) in [6, 6.07) is 6.84. The first-order valence-corrected chi connectivity index (χ1v) is 7.11. The highest BCUT2D eigenvalue weighted by molar-refractivity contribution is 6.30. The molecule has 2 aromatic heterocycles. The fraction of sp³-hybridized carbons (Fsp3) is 0.267. The van der Waals surface area contributed by atoms with E-state index < -0.39 is 0 Å². The van der Waals surface area contributed by atoms with Crippen LogP contribution in [0.3, 0.4) is 0 Å². The zero-order valence-corrected chi connectivity index (χ0v) is 12.7. The number of carbonyl (C=O) groups excluding carboxylic acids is 1. The van der Waals surface area contributed by atoms with Crippen LogP contribution in [-0.2, 0) is 0 Å². The Balaban J connectivity index is 2.14. The molecule has 0 bridgehead atoms. The molecule has 0 aliphatic heterocycles. The number of pyridine rings is 2. The molecule has 0 saturated heterocycles. The van der Waals surface area contributed by atoms with Gasteiger partial charge in [0.2, 0.25) is 0 Å². The number of rotatable bonds is 5. The lowest BCUT2D eigenvalue weighted by Gasteiger charge is -2.08. The van der Waals surface area contributed by atoms with Crippen molar-refractivity contribution in [2.75, 3.05) is 17.2 Å². The van der Waals surface area contributed by atoms with E-state index in [1.165, 1.54) is 6.07 Å². The van der Waals surface area contributed by atoms with Gasteiger partial charge in [-0.05, 0) is 37.1 Å². The minimum atomic E-state index is -0.268. The van der Waals surface area contributed by atoms with Crippen LogP contribution < -0.4 is 10.6 Å². The highest BCUT2D eigenvalue weighted by atomic mass is 35.5. The normalized spacial score (nSPS) is 10.2. The van der Waals surface area contributed by atoms with Gasteiger partial charge in [-0.15, -0.1) is 0 Å². The largest absolute Gasteiger partial charge is 0.370 e. The van der Waals surface area contributed by atoms with Crippen molar-refractivity contribution in [2.45, 2.75) is 20.3 Å². The molecule has 0 aliphatic rings. The Morgan fingerprint density at radius 3 is 2.76 bits per heavy atom. The summed E-state index contributed by atoms with van der Waals surface area (Å²) in [5.41, 5.74) is 1.47. The second-order valence-electron chi connectivity index (χ2n) is 4.67. The molecule has 5 nitrogen and oxygen atoms in total. The van der Waals surface area contributed by atoms with Crippen LogP contribution in [0, 0.1) is 6.92 Å². The van der Waals surface area contributed by atoms with Crippen LogP contribution in [0.4, 0.5) is 11.6 Å². The van der Waals surface area contributed by atoms with Gasteiger partial charge in [-0.2, -0.15) is 0 Å². The number of carbonyl (C=O) groups is 1. The molecular formula is C15H17ClN4O. The number of nitrogens with zero attached hydrogens (tertiary/aromatic N) is 2. The van der Waals surface area contributed by atoms with Gasteiger partial charge in [0.05, 0.1) is 0 Å². The summed E-state index contributed by atoms with van der Waals surface area (Å²) in [6.07, 6.45) is 2.66. The van der Waals surface area contributed by atoms with E-state index in [9.17, 15) is 4.79 Å². The van der Waals surface area contributed by atoms with Crippen molar-refractivity contribution in [2.24, 2.45) is 0 Å². The van der Waals surface area contributed by atoms with Crippen LogP contribution in [0.5, 0.6) is 0 Å². The van der Waals surface area contributed by atoms with E-state index in [4.69, 9.17) is 11.6 Å². The second-order valence-corrected chi connectivity index (χ2v) is 5.05. The maximum atomic E-state index is 12.2. The third-order valence-electron chi connectivity index (χ3n) is 2.77. The van der Waals surface area contributed by atoms with Gasteiger partial charge in [-0.3, -0.25) is 4.79 Å². The number of hydrogen-bond donors (Lipinski definition) is 2. The van der Waals surface area contributed by atoms with E-state index in [0.717, 1.165) is 18.5 Å². The molecule has 0 radical (unpaired) electrons. The van der Waals surface area contributed by atoms with Crippen molar-refractivity contribution in [1.29, 1.82) is 0 Å². The van der Waals surface area contributed by atoms with Crippen molar-refractivity contribution in [3.63, 3.8) is 0 Å². The van der Waals surface area contributed by atoms with Crippen LogP contribution in [0.1, 0.15) is 29.3 Å². The van der Waals surface area contributed by atoms with Crippen LogP contribution in [-0.4, -0.2) is 22.4 Å². The predicted octanol–water partition coefficient (Wildman–Crippen LogP) is 3.51. The Kier molecular flexibility index (Phi) is 5.11. The van der Waals surface area contributed by atoms with Gasteiger partial charge in [0.1, 0.15) is 16.8 Å². The third-order valence-corrected chi connectivity index (χ3v) is 2.96. The first kappa shape index (κ1) is 15.3. The number of amides is 1. The van der Waals surface area contributed by atoms with Crippen LogP contribution >= 0.6 is 11.6 Å². The molecule has 0 atom stereocenters. The van der Waals surface area contributed by atoms with Gasteiger partial charge in [-0.25, -0.2) is 9.97 Å². The maximum Gasteiger partial charge on any atom is 0.257 e. The Morgan fingerprint density at radius 2 is 2.10 bits per heavy atom. The van der Waals surface area contributed by atoms with E-state index in [1.54, 1.807) is 18.3 Å². The minimum Gasteiger partial charge on any atom is -0.370 e. The molecule has 0 aliphatic carbocycles. The SMILES string of the molecule is CCCNc1cc(C(=O)Nc2ccc(C)cn2)cc(Cl)n1. The van der Waals surface area contributed by atoms with Crippen molar-refractivity contribution < 1.29 is 4.79 Å². The number of anilines is 2. The second kappa shape index (κ2) is 7.04. The van der Waals surface area contributed by atoms with Crippen LogP contribution in [0.25, 0.3) is 0 Å². The Morgan fingerprint density at radius 1 is 1.29 bits per heavy atom. The first-order valence-electron chi connectivity index (χ1n) is 6.74. The highest BCUT2D eigenvalue weighted by Gasteiger charge is 2.10. The van der Waals surface area contributed by atoms with Gasteiger partial charge < -0.3 is 10.6 Å². The number of aryl methyl sites for hydroxylation is 1. The number of nitrogens with one attached hydrogen (secondary N) is 2. The molecule has 1 amide bonds. The maximum absolute atomic E-state index is 12.2. The number of aromatic nitrogens is 2. The Labute approximate surface area is 128 Å². The van der Waals surface area contributed by atoms with Crippen molar-refractivity contribution >= 4 is 29.1 Å². The zero-order chi connectivity index (χ0) is 15.2. The molecule has 0 spiro atoms. The van der Waals surface area contributed by atoms with Crippen molar-refractivity contribution in [3.8, 4) is 0 Å². The van der Waals surface area contributed by atoms with E-state index in [2.05, 4.69) is 20.6 Å². The molecule has 0 fully saturated rings. The summed E-state index contributed by atoms with van der Waals surface area (Å²) in [4.78, 5) is 20.5. The van der Waals surface area contributed by atoms with Crippen LogP contribution in [0.15, 0.2) is 30.5 Å². The fourth-order valence-electron chi connectivity index (χ4n) is 1.70. The van der Waals surface area contributed by atoms with E-state index >= 15 is 0 Å². The molecule has 6 heteroatoms. The summed E-state index contributed by atoms with van der Waals surface area (Å²) in [6.45, 7) is 4.76. The standard InChI is InChI=1S/C15H17ClN4O/c1-3-6-17-14-8-11(7-12(16)19-14)15(21)20-13-5-4-10(2)9-18-13/h4-5,7-9H,3,6H2,1-2H3,(H,17,19)(H,18,20,21). The molecule has 0 unspecified atom stereocenters. The summed E-state index contributed by atoms with van der Waals surface area (Å²) in [5, 5.41) is 6.12. The molecule has 21 heavy (non-hydrogen) atoms. The summed E-state index contributed by atoms with van der Waals surface area (Å²) in [7, 11) is 0. The quantitative estimate of drug-likeness (QED) is 0.830. The summed E-state index contributed by atoms with van der Waals surface area (Å²) < 4.78 is 0. The zero-order valence-electron chi connectivity index (χ0n) is 12.0. The predicted molar refractivity (Wildman–Crippen MR) is 85.0 cm³/mol. The van der Waals surface area contributed by atoms with Gasteiger partial charge in [0.15, 0.2) is 0 Å². The lowest BCUT2D eigenvalue weighted by molar-refractivity contribution is 0.102. The average Bonchev–Trinajstić information content (AvgIpc) is 2.47. The Bertz CT molecular complexity index is 628. The Hall–Kier alpha value is -2.14. The highest BCUT2D eigenvalue weighted by Crippen LogP contribution is 2.16. The lowest BCUT2D eigenvalue weighted by Crippen LogP contribution is -2.14. The topological polar surface area (TPSA) is 66.9 Å². The summed E-state index contributed by atoms with van der Waals surface area (Å²) in [5.74, 6) is 0.822. The molecule has 110 valence electrons. The smallest absolute Gasteiger partial charge is 0.257 e. The van der Waals surface area contributed by atoms with Gasteiger partial charge in [-0.1, -0.05) is 24.6 Å².